The number of ether oxygens (including phenoxy) is 1. The minimum Gasteiger partial charge on any atom is -0.406 e. The second-order valence-electron chi connectivity index (χ2n) is 6.29. The zero-order valence-electron chi connectivity index (χ0n) is 15.3. The van der Waals surface area contributed by atoms with Crippen molar-refractivity contribution in [3.8, 4) is 5.75 Å². The van der Waals surface area contributed by atoms with E-state index in [0.29, 0.717) is 0 Å². The van der Waals surface area contributed by atoms with E-state index in [1.54, 1.807) is 13.8 Å². The highest BCUT2D eigenvalue weighted by Gasteiger charge is 2.31. The second kappa shape index (κ2) is 8.25. The number of hydrogen-bond donors (Lipinski definition) is 3. The first-order valence-electron chi connectivity index (χ1n) is 8.16. The summed E-state index contributed by atoms with van der Waals surface area (Å²) >= 11 is 0. The average Bonchev–Trinajstić information content (AvgIpc) is 2.60. The quantitative estimate of drug-likeness (QED) is 0.595. The van der Waals surface area contributed by atoms with E-state index >= 15 is 0 Å². The molecule has 0 aliphatic rings. The summed E-state index contributed by atoms with van der Waals surface area (Å²) in [5.74, 6) is -1.64. The van der Waals surface area contributed by atoms with Crippen LogP contribution < -0.4 is 15.8 Å². The standard InChI is InChI=1S/C17H18F3N3O5S/c1-9(2)15(24)23-16(25)14-13(21)7-12(8-22-14)29(26,27)11-5-3-10(4-6-11)28-17(18,19)20/h3-9,15,24H,21H2,1-2H3,(H,23,25). The lowest BCUT2D eigenvalue weighted by Gasteiger charge is -2.16. The van der Waals surface area contributed by atoms with Crippen LogP contribution in [0, 0.1) is 5.92 Å². The van der Waals surface area contributed by atoms with Crippen LogP contribution in [0.4, 0.5) is 18.9 Å². The molecule has 0 radical (unpaired) electrons. The molecule has 1 atom stereocenters. The van der Waals surface area contributed by atoms with Crippen LogP contribution in [0.5, 0.6) is 5.75 Å². The lowest BCUT2D eigenvalue weighted by atomic mass is 10.2. The van der Waals surface area contributed by atoms with Gasteiger partial charge in [0.05, 0.1) is 15.5 Å². The monoisotopic (exact) mass is 433 g/mol. The Balaban J connectivity index is 2.27. The molecule has 0 fully saturated rings. The molecule has 0 spiro atoms. The maximum absolute atomic E-state index is 12.6. The summed E-state index contributed by atoms with van der Waals surface area (Å²) in [6.07, 6.45) is -5.16. The highest BCUT2D eigenvalue weighted by atomic mass is 32.2. The Hall–Kier alpha value is -2.86. The maximum Gasteiger partial charge on any atom is 0.573 e. The number of rotatable bonds is 6. The van der Waals surface area contributed by atoms with Gasteiger partial charge in [-0.25, -0.2) is 13.4 Å². The number of sulfone groups is 1. The van der Waals surface area contributed by atoms with Crippen molar-refractivity contribution in [3.63, 3.8) is 0 Å². The van der Waals surface area contributed by atoms with Gasteiger partial charge >= 0.3 is 6.36 Å². The van der Waals surface area contributed by atoms with Gasteiger partial charge < -0.3 is 20.9 Å². The van der Waals surface area contributed by atoms with Crippen LogP contribution >= 0.6 is 0 Å². The molecule has 2 aromatic rings. The average molecular weight is 433 g/mol. The van der Waals surface area contributed by atoms with Crippen LogP contribution in [0.25, 0.3) is 0 Å². The molecule has 158 valence electrons. The number of aliphatic hydroxyl groups excluding tert-OH is 1. The number of pyridine rings is 1. The van der Waals surface area contributed by atoms with Crippen LogP contribution in [0.1, 0.15) is 24.3 Å². The normalized spacial score (nSPS) is 13.2. The van der Waals surface area contributed by atoms with E-state index in [0.717, 1.165) is 36.5 Å². The summed E-state index contributed by atoms with van der Waals surface area (Å²) in [5, 5.41) is 12.0. The summed E-state index contributed by atoms with van der Waals surface area (Å²) < 4.78 is 65.6. The van der Waals surface area contributed by atoms with Crippen LogP contribution in [-0.4, -0.2) is 37.0 Å². The van der Waals surface area contributed by atoms with E-state index < -0.39 is 34.1 Å². The van der Waals surface area contributed by atoms with E-state index in [9.17, 15) is 31.5 Å². The first-order valence-corrected chi connectivity index (χ1v) is 9.65. The first-order chi connectivity index (χ1) is 13.3. The van der Waals surface area contributed by atoms with Crippen LogP contribution in [0.2, 0.25) is 0 Å². The number of nitrogens with one attached hydrogen (secondary N) is 1. The molecule has 0 saturated carbocycles. The zero-order chi connectivity index (χ0) is 22.0. The van der Waals surface area contributed by atoms with Gasteiger partial charge in [-0.15, -0.1) is 13.2 Å². The van der Waals surface area contributed by atoms with Crippen molar-refractivity contribution in [1.29, 1.82) is 0 Å². The Labute approximate surface area is 164 Å². The third kappa shape index (κ3) is 5.57. The van der Waals surface area contributed by atoms with E-state index in [4.69, 9.17) is 5.73 Å². The molecule has 0 aliphatic carbocycles. The van der Waals surface area contributed by atoms with E-state index in [-0.39, 0.29) is 27.1 Å². The highest BCUT2D eigenvalue weighted by molar-refractivity contribution is 7.91. The number of halogens is 3. The van der Waals surface area contributed by atoms with Gasteiger partial charge in [0.2, 0.25) is 9.84 Å². The second-order valence-corrected chi connectivity index (χ2v) is 8.24. The topological polar surface area (TPSA) is 132 Å². The van der Waals surface area contributed by atoms with Gasteiger partial charge in [-0.05, 0) is 36.2 Å². The Kier molecular flexibility index (Phi) is 6.38. The van der Waals surface area contributed by atoms with Crippen molar-refractivity contribution in [2.75, 3.05) is 5.73 Å². The summed E-state index contributed by atoms with van der Waals surface area (Å²) in [4.78, 5) is 15.2. The van der Waals surface area contributed by atoms with E-state index in [1.807, 2.05) is 0 Å². The summed E-state index contributed by atoms with van der Waals surface area (Å²) in [6.45, 7) is 3.34. The van der Waals surface area contributed by atoms with Gasteiger partial charge in [0.25, 0.3) is 5.91 Å². The number of alkyl halides is 3. The zero-order valence-corrected chi connectivity index (χ0v) is 16.1. The molecule has 2 rings (SSSR count). The molecule has 1 aromatic heterocycles. The Morgan fingerprint density at radius 3 is 2.28 bits per heavy atom. The lowest BCUT2D eigenvalue weighted by molar-refractivity contribution is -0.274. The summed E-state index contributed by atoms with van der Waals surface area (Å²) in [7, 11) is -4.16. The highest BCUT2D eigenvalue weighted by Crippen LogP contribution is 2.27. The molecule has 0 saturated heterocycles. The van der Waals surface area contributed by atoms with E-state index in [2.05, 4.69) is 15.0 Å². The molecule has 1 aromatic carbocycles. The van der Waals surface area contributed by atoms with Gasteiger partial charge in [-0.2, -0.15) is 0 Å². The van der Waals surface area contributed by atoms with Gasteiger partial charge in [0.1, 0.15) is 12.0 Å². The van der Waals surface area contributed by atoms with Crippen LogP contribution in [-0.2, 0) is 9.84 Å². The number of nitrogens with zero attached hydrogens (tertiary/aromatic N) is 1. The predicted octanol–water partition coefficient (Wildman–Crippen LogP) is 2.10. The number of aromatic nitrogens is 1. The smallest absolute Gasteiger partial charge is 0.406 e. The van der Waals surface area contributed by atoms with Gasteiger partial charge in [-0.3, -0.25) is 4.79 Å². The number of nitrogen functional groups attached to an aromatic ring is 1. The minimum absolute atomic E-state index is 0.253. The SMILES string of the molecule is CC(C)C(O)NC(=O)c1ncc(S(=O)(=O)c2ccc(OC(F)(F)F)cc2)cc1N. The fourth-order valence-corrected chi connectivity index (χ4v) is 3.36. The third-order valence-electron chi connectivity index (χ3n) is 3.70. The minimum atomic E-state index is -4.90. The number of anilines is 1. The number of benzene rings is 1. The van der Waals surface area contributed by atoms with Gasteiger partial charge in [0.15, 0.2) is 5.69 Å². The Bertz CT molecular complexity index is 992. The fraction of sp³-hybridized carbons (Fsp3) is 0.294. The molecule has 1 amide bonds. The number of aliphatic hydroxyl groups is 1. The summed E-state index contributed by atoms with van der Waals surface area (Å²) in [6, 6.07) is 4.58. The molecule has 0 aliphatic heterocycles. The molecule has 1 heterocycles. The molecule has 29 heavy (non-hydrogen) atoms. The lowest BCUT2D eigenvalue weighted by Crippen LogP contribution is -2.39. The Morgan fingerprint density at radius 2 is 1.79 bits per heavy atom. The molecular weight excluding hydrogens is 415 g/mol. The largest absolute Gasteiger partial charge is 0.573 e. The van der Waals surface area contributed by atoms with Gasteiger partial charge in [0, 0.05) is 6.20 Å². The predicted molar refractivity (Wildman–Crippen MR) is 95.5 cm³/mol. The van der Waals surface area contributed by atoms with E-state index in [1.165, 1.54) is 0 Å². The first kappa shape index (κ1) is 22.4. The van der Waals surface area contributed by atoms with Crippen LogP contribution in [0.15, 0.2) is 46.3 Å². The number of nitrogens with two attached hydrogens (primary N) is 1. The fourth-order valence-electron chi connectivity index (χ4n) is 2.12. The van der Waals surface area contributed by atoms with Crippen molar-refractivity contribution >= 4 is 21.4 Å². The molecule has 12 heteroatoms. The summed E-state index contributed by atoms with van der Waals surface area (Å²) in [5.41, 5.74) is 5.19. The molecule has 1 unspecified atom stereocenters. The molecule has 0 bridgehead atoms. The number of carbonyl (C=O) groups is 1. The maximum atomic E-state index is 12.6. The van der Waals surface area contributed by atoms with Crippen molar-refractivity contribution in [1.82, 2.24) is 10.3 Å². The molecular formula is C17H18F3N3O5S. The number of hydrogen-bond acceptors (Lipinski definition) is 7. The van der Waals surface area contributed by atoms with Crippen molar-refractivity contribution in [2.24, 2.45) is 5.92 Å². The number of carbonyl (C=O) groups excluding carboxylic acids is 1. The van der Waals surface area contributed by atoms with Crippen molar-refractivity contribution < 1.29 is 36.2 Å². The van der Waals surface area contributed by atoms with Gasteiger partial charge in [-0.1, -0.05) is 13.8 Å². The molecule has 4 N–H and O–H groups in total. The Morgan fingerprint density at radius 1 is 1.21 bits per heavy atom. The van der Waals surface area contributed by atoms with Crippen molar-refractivity contribution in [2.45, 2.75) is 36.2 Å². The number of amides is 1. The van der Waals surface area contributed by atoms with Crippen molar-refractivity contribution in [3.05, 3.63) is 42.2 Å². The van der Waals surface area contributed by atoms with Crippen LogP contribution in [0.3, 0.4) is 0 Å². The third-order valence-corrected chi connectivity index (χ3v) is 5.43. The molecule has 8 nitrogen and oxygen atoms in total.